The van der Waals surface area contributed by atoms with Crippen molar-refractivity contribution in [3.63, 3.8) is 0 Å². The first kappa shape index (κ1) is 11.6. The van der Waals surface area contributed by atoms with Crippen LogP contribution in [0.4, 0.5) is 0 Å². The topological polar surface area (TPSA) is 20.3 Å². The van der Waals surface area contributed by atoms with E-state index < -0.39 is 0 Å². The number of fused-ring (bicyclic) bond motifs is 1. The predicted octanol–water partition coefficient (Wildman–Crippen LogP) is 3.07. The van der Waals surface area contributed by atoms with Crippen molar-refractivity contribution >= 4 is 29.1 Å². The largest absolute Gasteiger partial charge is 0.383 e. The second-order valence-corrected chi connectivity index (χ2v) is 5.33. The Morgan fingerprint density at radius 3 is 2.88 bits per heavy atom. The van der Waals surface area contributed by atoms with Gasteiger partial charge in [-0.25, -0.2) is 0 Å². The molecule has 0 aromatic heterocycles. The standard InChI is InChI=1S/C12H12ClNOS/c1-14(2)6-8-7-16-11-4-3-9(13)5-10(11)12(8)15/h3-6H,7H2,1-2H3. The van der Waals surface area contributed by atoms with E-state index in [-0.39, 0.29) is 5.78 Å². The Balaban J connectivity index is 2.42. The number of carbonyl (C=O) groups is 1. The Bertz CT molecular complexity index is 468. The summed E-state index contributed by atoms with van der Waals surface area (Å²) in [6.45, 7) is 0. The van der Waals surface area contributed by atoms with Gasteiger partial charge in [-0.05, 0) is 18.2 Å². The molecule has 0 aliphatic carbocycles. The van der Waals surface area contributed by atoms with Crippen molar-refractivity contribution in [1.29, 1.82) is 0 Å². The summed E-state index contributed by atoms with van der Waals surface area (Å²) in [7, 11) is 3.83. The number of hydrogen-bond donors (Lipinski definition) is 0. The van der Waals surface area contributed by atoms with Gasteiger partial charge in [0.1, 0.15) is 0 Å². The molecule has 2 rings (SSSR count). The van der Waals surface area contributed by atoms with Gasteiger partial charge in [0.15, 0.2) is 5.78 Å². The molecule has 1 aliphatic rings. The lowest BCUT2D eigenvalue weighted by Gasteiger charge is -2.18. The minimum absolute atomic E-state index is 0.0879. The molecule has 16 heavy (non-hydrogen) atoms. The molecule has 1 aromatic carbocycles. The molecule has 0 N–H and O–H groups in total. The first-order chi connectivity index (χ1) is 7.58. The second-order valence-electron chi connectivity index (χ2n) is 3.88. The summed E-state index contributed by atoms with van der Waals surface area (Å²) in [5.41, 5.74) is 1.54. The number of ketones is 1. The fourth-order valence-corrected chi connectivity index (χ4v) is 2.77. The van der Waals surface area contributed by atoms with Crippen LogP contribution >= 0.6 is 23.4 Å². The van der Waals surface area contributed by atoms with Crippen LogP contribution in [0.25, 0.3) is 0 Å². The number of carbonyl (C=O) groups excluding carboxylic acids is 1. The van der Waals surface area contributed by atoms with Crippen LogP contribution in [0.15, 0.2) is 34.9 Å². The average molecular weight is 254 g/mol. The van der Waals surface area contributed by atoms with Gasteiger partial charge in [0.05, 0.1) is 0 Å². The number of halogens is 1. The summed E-state index contributed by atoms with van der Waals surface area (Å²) >= 11 is 7.58. The maximum Gasteiger partial charge on any atom is 0.192 e. The van der Waals surface area contributed by atoms with Gasteiger partial charge in [-0.2, -0.15) is 0 Å². The zero-order chi connectivity index (χ0) is 11.7. The van der Waals surface area contributed by atoms with E-state index in [1.165, 1.54) is 0 Å². The summed E-state index contributed by atoms with van der Waals surface area (Å²) in [6.07, 6.45) is 1.87. The smallest absolute Gasteiger partial charge is 0.192 e. The van der Waals surface area contributed by atoms with Crippen LogP contribution in [0.3, 0.4) is 0 Å². The molecule has 0 radical (unpaired) electrons. The summed E-state index contributed by atoms with van der Waals surface area (Å²) < 4.78 is 0. The number of Topliss-reactive ketones (excluding diaryl/α,β-unsaturated/α-hetero) is 1. The fourth-order valence-electron chi connectivity index (χ4n) is 1.61. The Morgan fingerprint density at radius 1 is 1.44 bits per heavy atom. The lowest BCUT2D eigenvalue weighted by atomic mass is 10.0. The zero-order valence-electron chi connectivity index (χ0n) is 9.16. The Kier molecular flexibility index (Phi) is 3.26. The highest BCUT2D eigenvalue weighted by Crippen LogP contribution is 2.34. The van der Waals surface area contributed by atoms with Crippen molar-refractivity contribution in [1.82, 2.24) is 4.90 Å². The van der Waals surface area contributed by atoms with Crippen molar-refractivity contribution in [3.05, 3.63) is 40.6 Å². The molecule has 0 saturated heterocycles. The van der Waals surface area contributed by atoms with Gasteiger partial charge in [0, 0.05) is 47.1 Å². The normalized spacial score (nSPS) is 17.4. The van der Waals surface area contributed by atoms with Crippen LogP contribution in [0, 0.1) is 0 Å². The average Bonchev–Trinajstić information content (AvgIpc) is 2.22. The number of thioether (sulfide) groups is 1. The summed E-state index contributed by atoms with van der Waals surface area (Å²) in [4.78, 5) is 15.0. The first-order valence-electron chi connectivity index (χ1n) is 4.92. The molecule has 1 aromatic rings. The van der Waals surface area contributed by atoms with Crippen molar-refractivity contribution in [3.8, 4) is 0 Å². The van der Waals surface area contributed by atoms with Crippen molar-refractivity contribution in [2.24, 2.45) is 0 Å². The monoisotopic (exact) mass is 253 g/mol. The molecule has 0 amide bonds. The number of hydrogen-bond acceptors (Lipinski definition) is 3. The van der Waals surface area contributed by atoms with Gasteiger partial charge in [0.2, 0.25) is 0 Å². The molecule has 0 unspecified atom stereocenters. The Labute approximate surface area is 104 Å². The van der Waals surface area contributed by atoms with E-state index in [1.807, 2.05) is 37.3 Å². The summed E-state index contributed by atoms with van der Waals surface area (Å²) in [6, 6.07) is 5.48. The van der Waals surface area contributed by atoms with Crippen LogP contribution in [0.2, 0.25) is 5.02 Å². The molecule has 0 saturated carbocycles. The number of rotatable bonds is 1. The summed E-state index contributed by atoms with van der Waals surface area (Å²) in [5, 5.41) is 0.610. The fraction of sp³-hybridized carbons (Fsp3) is 0.250. The molecule has 0 fully saturated rings. The van der Waals surface area contributed by atoms with E-state index in [0.29, 0.717) is 5.02 Å². The highest BCUT2D eigenvalue weighted by molar-refractivity contribution is 7.99. The predicted molar refractivity (Wildman–Crippen MR) is 68.3 cm³/mol. The molecule has 0 spiro atoms. The first-order valence-corrected chi connectivity index (χ1v) is 6.28. The lowest BCUT2D eigenvalue weighted by Crippen LogP contribution is -2.15. The van der Waals surface area contributed by atoms with Crippen LogP contribution in [-0.4, -0.2) is 30.5 Å². The quantitative estimate of drug-likeness (QED) is 0.718. The second kappa shape index (κ2) is 4.52. The van der Waals surface area contributed by atoms with Crippen molar-refractivity contribution < 1.29 is 4.79 Å². The minimum atomic E-state index is 0.0879. The van der Waals surface area contributed by atoms with Crippen LogP contribution in [0.1, 0.15) is 10.4 Å². The van der Waals surface area contributed by atoms with E-state index in [1.54, 1.807) is 17.8 Å². The van der Waals surface area contributed by atoms with Crippen LogP contribution in [0.5, 0.6) is 0 Å². The highest BCUT2D eigenvalue weighted by atomic mass is 35.5. The van der Waals surface area contributed by atoms with E-state index >= 15 is 0 Å². The highest BCUT2D eigenvalue weighted by Gasteiger charge is 2.22. The molecular formula is C12H12ClNOS. The van der Waals surface area contributed by atoms with Gasteiger partial charge in [0.25, 0.3) is 0 Å². The zero-order valence-corrected chi connectivity index (χ0v) is 10.7. The van der Waals surface area contributed by atoms with Gasteiger partial charge in [-0.15, -0.1) is 11.8 Å². The van der Waals surface area contributed by atoms with E-state index in [2.05, 4.69) is 0 Å². The number of nitrogens with zero attached hydrogens (tertiary/aromatic N) is 1. The molecule has 0 atom stereocenters. The Hall–Kier alpha value is -0.930. The van der Waals surface area contributed by atoms with Crippen molar-refractivity contribution in [2.75, 3.05) is 19.8 Å². The van der Waals surface area contributed by atoms with Crippen LogP contribution < -0.4 is 0 Å². The Morgan fingerprint density at radius 2 is 2.19 bits per heavy atom. The molecule has 2 nitrogen and oxygen atoms in total. The van der Waals surface area contributed by atoms with Crippen molar-refractivity contribution in [2.45, 2.75) is 4.90 Å². The minimum Gasteiger partial charge on any atom is -0.383 e. The summed E-state index contributed by atoms with van der Waals surface area (Å²) in [5.74, 6) is 0.816. The molecule has 1 heterocycles. The third kappa shape index (κ3) is 2.25. The van der Waals surface area contributed by atoms with E-state index in [4.69, 9.17) is 11.6 Å². The van der Waals surface area contributed by atoms with Gasteiger partial charge in [-0.1, -0.05) is 11.6 Å². The maximum absolute atomic E-state index is 12.1. The molecule has 0 bridgehead atoms. The lowest BCUT2D eigenvalue weighted by molar-refractivity contribution is 0.102. The molecule has 84 valence electrons. The maximum atomic E-state index is 12.1. The third-order valence-corrected chi connectivity index (χ3v) is 3.63. The molecule has 4 heteroatoms. The van der Waals surface area contributed by atoms with Gasteiger partial charge < -0.3 is 4.90 Å². The van der Waals surface area contributed by atoms with Gasteiger partial charge >= 0.3 is 0 Å². The van der Waals surface area contributed by atoms with E-state index in [9.17, 15) is 4.79 Å². The number of benzene rings is 1. The van der Waals surface area contributed by atoms with Gasteiger partial charge in [-0.3, -0.25) is 4.79 Å². The third-order valence-electron chi connectivity index (χ3n) is 2.28. The molecular weight excluding hydrogens is 242 g/mol. The molecule has 1 aliphatic heterocycles. The SMILES string of the molecule is CN(C)C=C1CSc2ccc(Cl)cc2C1=O. The van der Waals surface area contributed by atoms with E-state index in [0.717, 1.165) is 21.8 Å². The van der Waals surface area contributed by atoms with Crippen LogP contribution in [-0.2, 0) is 0 Å².